The zero-order valence-electron chi connectivity index (χ0n) is 12.0. The van der Waals surface area contributed by atoms with Crippen molar-refractivity contribution in [2.45, 2.75) is 19.1 Å². The van der Waals surface area contributed by atoms with Crippen molar-refractivity contribution in [1.82, 2.24) is 19.9 Å². The summed E-state index contributed by atoms with van der Waals surface area (Å²) in [6.07, 6.45) is -2.09. The lowest BCUT2D eigenvalue weighted by atomic mass is 10.3. The summed E-state index contributed by atoms with van der Waals surface area (Å²) < 4.78 is 43.1. The van der Waals surface area contributed by atoms with Crippen molar-refractivity contribution in [2.75, 3.05) is 0 Å². The van der Waals surface area contributed by atoms with Crippen molar-refractivity contribution in [3.63, 3.8) is 0 Å². The minimum absolute atomic E-state index is 0.0478. The first-order chi connectivity index (χ1) is 11.3. The first-order valence-corrected chi connectivity index (χ1v) is 7.36. The van der Waals surface area contributed by atoms with Crippen molar-refractivity contribution in [2.24, 2.45) is 0 Å². The average Bonchev–Trinajstić information content (AvgIpc) is 3.24. The van der Waals surface area contributed by atoms with Crippen molar-refractivity contribution in [1.29, 1.82) is 0 Å². The summed E-state index contributed by atoms with van der Waals surface area (Å²) in [5.74, 6) is -2.65. The third-order valence-corrected chi connectivity index (χ3v) is 4.42. The zero-order chi connectivity index (χ0) is 17.5. The molecule has 0 aromatic carbocycles. The number of carboxylic acid groups (broad SMARTS) is 1. The number of hydrogen-bond donors (Lipinski definition) is 1. The van der Waals surface area contributed by atoms with Crippen LogP contribution in [0, 0.1) is 0 Å². The smallest absolute Gasteiger partial charge is 0.471 e. The molecular formula is C13H9F3N4O3S. The molecule has 24 heavy (non-hydrogen) atoms. The molecule has 0 spiro atoms. The van der Waals surface area contributed by atoms with Crippen molar-refractivity contribution >= 4 is 17.3 Å². The summed E-state index contributed by atoms with van der Waals surface area (Å²) in [4.78, 5) is 15.4. The van der Waals surface area contributed by atoms with E-state index in [2.05, 4.69) is 19.8 Å². The molecule has 1 atom stereocenters. The van der Waals surface area contributed by atoms with Gasteiger partial charge in [-0.2, -0.15) is 23.3 Å². The maximum atomic E-state index is 12.5. The van der Waals surface area contributed by atoms with Gasteiger partial charge in [-0.3, -0.25) is 4.68 Å². The molecule has 3 aromatic rings. The maximum Gasteiger partial charge on any atom is 0.471 e. The predicted molar refractivity (Wildman–Crippen MR) is 75.6 cm³/mol. The highest BCUT2D eigenvalue weighted by molar-refractivity contribution is 7.15. The van der Waals surface area contributed by atoms with Crippen LogP contribution in [0.2, 0.25) is 0 Å². The summed E-state index contributed by atoms with van der Waals surface area (Å²) in [5, 5.41) is 16.2. The Morgan fingerprint density at radius 1 is 1.42 bits per heavy atom. The molecule has 7 nitrogen and oxygen atoms in total. The molecular weight excluding hydrogens is 349 g/mol. The third-order valence-electron chi connectivity index (χ3n) is 3.17. The topological polar surface area (TPSA) is 94.0 Å². The Morgan fingerprint density at radius 3 is 2.75 bits per heavy atom. The summed E-state index contributed by atoms with van der Waals surface area (Å²) in [5.41, 5.74) is 0.0478. The molecule has 3 rings (SSSR count). The number of halogens is 3. The maximum absolute atomic E-state index is 12.5. The second-order valence-corrected chi connectivity index (χ2v) is 5.93. The van der Waals surface area contributed by atoms with Gasteiger partial charge in [0.1, 0.15) is 0 Å². The largest absolute Gasteiger partial charge is 0.478 e. The normalized spacial score (nSPS) is 13.2. The first kappa shape index (κ1) is 16.2. The second-order valence-electron chi connectivity index (χ2n) is 4.81. The van der Waals surface area contributed by atoms with Gasteiger partial charge in [-0.15, -0.1) is 11.3 Å². The number of aromatic carboxylic acids is 1. The third kappa shape index (κ3) is 3.02. The van der Waals surface area contributed by atoms with E-state index in [1.54, 1.807) is 19.1 Å². The van der Waals surface area contributed by atoms with Gasteiger partial charge in [0.25, 0.3) is 0 Å². The Hall–Kier alpha value is -2.69. The quantitative estimate of drug-likeness (QED) is 0.769. The highest BCUT2D eigenvalue weighted by Gasteiger charge is 2.38. The summed E-state index contributed by atoms with van der Waals surface area (Å²) >= 11 is 1.17. The zero-order valence-corrected chi connectivity index (χ0v) is 12.8. The van der Waals surface area contributed by atoms with Gasteiger partial charge in [-0.25, -0.2) is 4.79 Å². The van der Waals surface area contributed by atoms with Gasteiger partial charge in [-0.05, 0) is 19.1 Å². The number of carbonyl (C=O) groups is 1. The van der Waals surface area contributed by atoms with Gasteiger partial charge in [-0.1, -0.05) is 5.16 Å². The van der Waals surface area contributed by atoms with Crippen LogP contribution in [0.1, 0.15) is 34.1 Å². The molecule has 0 fully saturated rings. The Labute approximate surface area is 136 Å². The lowest BCUT2D eigenvalue weighted by Gasteiger charge is -2.09. The van der Waals surface area contributed by atoms with E-state index in [4.69, 9.17) is 5.11 Å². The standard InChI is InChI=1S/C13H9F3N4O3S/c1-6(20-5-7(4-17-20)11(21)22)8-2-3-9(24-8)10-18-12(23-19-10)13(14,15)16/h2-6H,1H3,(H,21,22). The van der Waals surface area contributed by atoms with Gasteiger partial charge in [0.2, 0.25) is 5.82 Å². The van der Waals surface area contributed by atoms with Crippen molar-refractivity contribution in [3.05, 3.63) is 40.9 Å². The predicted octanol–water partition coefficient (Wildman–Crippen LogP) is 3.32. The summed E-state index contributed by atoms with van der Waals surface area (Å²) in [6.45, 7) is 1.78. The van der Waals surface area contributed by atoms with Gasteiger partial charge in [0.05, 0.1) is 22.7 Å². The highest BCUT2D eigenvalue weighted by atomic mass is 32.1. The number of carboxylic acids is 1. The van der Waals surface area contributed by atoms with Crippen molar-refractivity contribution < 1.29 is 27.6 Å². The Morgan fingerprint density at radius 2 is 2.17 bits per heavy atom. The number of aromatic nitrogens is 4. The molecule has 1 unspecified atom stereocenters. The molecule has 0 saturated heterocycles. The SMILES string of the molecule is CC(c1ccc(-c2noc(C(F)(F)F)n2)s1)n1cc(C(=O)O)cn1. The van der Waals surface area contributed by atoms with Crippen LogP contribution in [-0.2, 0) is 6.18 Å². The Bertz CT molecular complexity index is 883. The fraction of sp³-hybridized carbons (Fsp3) is 0.231. The number of alkyl halides is 3. The molecule has 3 aromatic heterocycles. The van der Waals surface area contributed by atoms with Gasteiger partial charge in [0, 0.05) is 11.1 Å². The molecule has 0 amide bonds. The van der Waals surface area contributed by atoms with E-state index in [1.165, 1.54) is 28.4 Å². The molecule has 0 aliphatic rings. The summed E-state index contributed by atoms with van der Waals surface area (Å²) in [6, 6.07) is 2.96. The van der Waals surface area contributed by atoms with Gasteiger partial charge >= 0.3 is 18.0 Å². The molecule has 0 aliphatic heterocycles. The molecule has 126 valence electrons. The van der Waals surface area contributed by atoms with E-state index in [1.807, 2.05) is 0 Å². The fourth-order valence-electron chi connectivity index (χ4n) is 1.93. The van der Waals surface area contributed by atoms with Crippen LogP contribution in [0.15, 0.2) is 29.0 Å². The van der Waals surface area contributed by atoms with Crippen LogP contribution in [-0.4, -0.2) is 31.0 Å². The van der Waals surface area contributed by atoms with Gasteiger partial charge < -0.3 is 9.63 Å². The number of rotatable bonds is 4. The minimum Gasteiger partial charge on any atom is -0.478 e. The highest BCUT2D eigenvalue weighted by Crippen LogP contribution is 2.34. The summed E-state index contributed by atoms with van der Waals surface area (Å²) in [7, 11) is 0. The number of nitrogens with zero attached hydrogens (tertiary/aromatic N) is 4. The average molecular weight is 358 g/mol. The van der Waals surface area contributed by atoms with Gasteiger partial charge in [0.15, 0.2) is 0 Å². The molecule has 3 heterocycles. The van der Waals surface area contributed by atoms with Crippen molar-refractivity contribution in [3.8, 4) is 10.7 Å². The molecule has 11 heteroatoms. The van der Waals surface area contributed by atoms with Crippen LogP contribution in [0.25, 0.3) is 10.7 Å². The van der Waals surface area contributed by atoms with E-state index < -0.39 is 18.0 Å². The second kappa shape index (κ2) is 5.74. The molecule has 0 aliphatic carbocycles. The van der Waals surface area contributed by atoms with Crippen LogP contribution in [0.3, 0.4) is 0 Å². The Kier molecular flexibility index (Phi) is 3.87. The lowest BCUT2D eigenvalue weighted by Crippen LogP contribution is -2.05. The molecule has 0 radical (unpaired) electrons. The lowest BCUT2D eigenvalue weighted by molar-refractivity contribution is -0.159. The van der Waals surface area contributed by atoms with Crippen LogP contribution < -0.4 is 0 Å². The monoisotopic (exact) mass is 358 g/mol. The van der Waals surface area contributed by atoms with E-state index in [9.17, 15) is 18.0 Å². The van der Waals surface area contributed by atoms with E-state index in [0.717, 1.165) is 4.88 Å². The van der Waals surface area contributed by atoms with E-state index >= 15 is 0 Å². The molecule has 0 saturated carbocycles. The first-order valence-electron chi connectivity index (χ1n) is 6.54. The van der Waals surface area contributed by atoms with E-state index in [-0.39, 0.29) is 17.4 Å². The van der Waals surface area contributed by atoms with Crippen LogP contribution in [0.4, 0.5) is 13.2 Å². The van der Waals surface area contributed by atoms with Crippen LogP contribution in [0.5, 0.6) is 0 Å². The number of thiophene rings is 1. The number of hydrogen-bond acceptors (Lipinski definition) is 6. The van der Waals surface area contributed by atoms with E-state index in [0.29, 0.717) is 4.88 Å². The fourth-order valence-corrected chi connectivity index (χ4v) is 2.91. The minimum atomic E-state index is -4.69. The van der Waals surface area contributed by atoms with Crippen LogP contribution >= 0.6 is 11.3 Å². The Balaban J connectivity index is 1.84. The molecule has 0 bridgehead atoms. The molecule has 1 N–H and O–H groups in total.